The van der Waals surface area contributed by atoms with Crippen LogP contribution in [0.2, 0.25) is 0 Å². The number of fused-ring (bicyclic) bond motifs is 1. The van der Waals surface area contributed by atoms with Gasteiger partial charge < -0.3 is 8.98 Å². The summed E-state index contributed by atoms with van der Waals surface area (Å²) in [6.07, 6.45) is 1.76. The predicted molar refractivity (Wildman–Crippen MR) is 73.6 cm³/mol. The summed E-state index contributed by atoms with van der Waals surface area (Å²) in [5.74, 6) is 1.41. The molecule has 0 amide bonds. The van der Waals surface area contributed by atoms with Gasteiger partial charge in [0.1, 0.15) is 6.54 Å². The molecule has 0 aliphatic rings. The first-order chi connectivity index (χ1) is 9.15. The zero-order chi connectivity index (χ0) is 13.4. The van der Waals surface area contributed by atoms with Crippen molar-refractivity contribution in [2.75, 3.05) is 0 Å². The Kier molecular flexibility index (Phi) is 2.94. The molecule has 0 aliphatic heterocycles. The lowest BCUT2D eigenvalue weighted by Gasteiger charge is -2.04. The fourth-order valence-electron chi connectivity index (χ4n) is 1.87. The number of hydrogen-bond donors (Lipinski definition) is 0. The monoisotopic (exact) mass is 275 g/mol. The van der Waals surface area contributed by atoms with Gasteiger partial charge in [0.2, 0.25) is 11.8 Å². The molecule has 98 valence electrons. The van der Waals surface area contributed by atoms with E-state index in [1.54, 1.807) is 12.3 Å². The van der Waals surface area contributed by atoms with Crippen LogP contribution >= 0.6 is 11.3 Å². The van der Waals surface area contributed by atoms with E-state index in [0.29, 0.717) is 18.3 Å². The standard InChI is InChI=1S/C13H13N3O2S/c1-8(2)13-15-14-11(18-13)7-16-5-3-10(17)12-9(16)4-6-19-12/h3-6,8H,7H2,1-2H3. The van der Waals surface area contributed by atoms with Gasteiger partial charge in [-0.25, -0.2) is 0 Å². The van der Waals surface area contributed by atoms with Gasteiger partial charge in [0.15, 0.2) is 5.43 Å². The van der Waals surface area contributed by atoms with Crippen LogP contribution in [-0.4, -0.2) is 14.8 Å². The average Bonchev–Trinajstić information content (AvgIpc) is 3.01. The van der Waals surface area contributed by atoms with Crippen LogP contribution in [-0.2, 0) is 6.54 Å². The van der Waals surface area contributed by atoms with Gasteiger partial charge in [0.05, 0.1) is 10.2 Å². The minimum Gasteiger partial charge on any atom is -0.423 e. The van der Waals surface area contributed by atoms with Gasteiger partial charge in [-0.15, -0.1) is 21.5 Å². The SMILES string of the molecule is CC(C)c1nnc(Cn2ccc(=O)c3sccc32)o1. The molecular weight excluding hydrogens is 262 g/mol. The topological polar surface area (TPSA) is 60.9 Å². The minimum atomic E-state index is 0.0506. The molecular formula is C13H13N3O2S. The number of hydrogen-bond acceptors (Lipinski definition) is 5. The van der Waals surface area contributed by atoms with Crippen molar-refractivity contribution in [3.8, 4) is 0 Å². The van der Waals surface area contributed by atoms with E-state index in [1.807, 2.05) is 29.9 Å². The summed E-state index contributed by atoms with van der Waals surface area (Å²) < 4.78 is 8.29. The first-order valence-electron chi connectivity index (χ1n) is 6.04. The lowest BCUT2D eigenvalue weighted by Crippen LogP contribution is -2.07. The van der Waals surface area contributed by atoms with E-state index in [2.05, 4.69) is 10.2 Å². The highest BCUT2D eigenvalue weighted by Gasteiger charge is 2.11. The summed E-state index contributed by atoms with van der Waals surface area (Å²) in [6.45, 7) is 4.49. The molecule has 3 heterocycles. The van der Waals surface area contributed by atoms with E-state index in [0.717, 1.165) is 10.2 Å². The van der Waals surface area contributed by atoms with Crippen molar-refractivity contribution >= 4 is 21.6 Å². The first kappa shape index (κ1) is 12.1. The second-order valence-corrected chi connectivity index (χ2v) is 5.55. The average molecular weight is 275 g/mol. The molecule has 0 saturated carbocycles. The van der Waals surface area contributed by atoms with Gasteiger partial charge >= 0.3 is 0 Å². The zero-order valence-corrected chi connectivity index (χ0v) is 11.5. The van der Waals surface area contributed by atoms with Crippen molar-refractivity contribution in [2.24, 2.45) is 0 Å². The molecule has 0 aromatic carbocycles. The molecule has 0 N–H and O–H groups in total. The van der Waals surface area contributed by atoms with E-state index in [9.17, 15) is 4.79 Å². The van der Waals surface area contributed by atoms with Crippen molar-refractivity contribution in [1.29, 1.82) is 0 Å². The maximum Gasteiger partial charge on any atom is 0.236 e. The third-order valence-corrected chi connectivity index (χ3v) is 3.78. The number of nitrogens with zero attached hydrogens (tertiary/aromatic N) is 3. The molecule has 3 aromatic rings. The fourth-order valence-corrected chi connectivity index (χ4v) is 2.70. The lowest BCUT2D eigenvalue weighted by atomic mass is 10.2. The van der Waals surface area contributed by atoms with E-state index in [4.69, 9.17) is 4.42 Å². The van der Waals surface area contributed by atoms with Crippen LogP contribution in [0.1, 0.15) is 31.5 Å². The number of aromatic nitrogens is 3. The minimum absolute atomic E-state index is 0.0506. The molecule has 3 rings (SSSR count). The molecule has 0 atom stereocenters. The van der Waals surface area contributed by atoms with Crippen LogP contribution in [0.15, 0.2) is 32.9 Å². The molecule has 6 heteroatoms. The van der Waals surface area contributed by atoms with E-state index in [-0.39, 0.29) is 11.3 Å². The number of thiophene rings is 1. The molecule has 3 aromatic heterocycles. The maximum atomic E-state index is 11.7. The predicted octanol–water partition coefficient (Wildman–Crippen LogP) is 2.62. The third kappa shape index (κ3) is 2.19. The van der Waals surface area contributed by atoms with Crippen LogP contribution < -0.4 is 5.43 Å². The molecule has 5 nitrogen and oxygen atoms in total. The van der Waals surface area contributed by atoms with Crippen molar-refractivity contribution in [1.82, 2.24) is 14.8 Å². The molecule has 0 radical (unpaired) electrons. The van der Waals surface area contributed by atoms with E-state index < -0.39 is 0 Å². The van der Waals surface area contributed by atoms with Gasteiger partial charge in [-0.3, -0.25) is 4.79 Å². The summed E-state index contributed by atoms with van der Waals surface area (Å²) in [5.41, 5.74) is 0.955. The van der Waals surface area contributed by atoms with E-state index >= 15 is 0 Å². The second-order valence-electron chi connectivity index (χ2n) is 4.63. The maximum absolute atomic E-state index is 11.7. The molecule has 0 fully saturated rings. The first-order valence-corrected chi connectivity index (χ1v) is 6.92. The highest BCUT2D eigenvalue weighted by molar-refractivity contribution is 7.17. The van der Waals surface area contributed by atoms with Gasteiger partial charge in [0, 0.05) is 18.2 Å². The summed E-state index contributed by atoms with van der Waals surface area (Å²) in [6, 6.07) is 3.50. The Morgan fingerprint density at radius 3 is 2.95 bits per heavy atom. The Morgan fingerprint density at radius 2 is 2.21 bits per heavy atom. The molecule has 0 bridgehead atoms. The Morgan fingerprint density at radius 1 is 1.37 bits per heavy atom. The summed E-state index contributed by atoms with van der Waals surface area (Å²) >= 11 is 1.45. The quantitative estimate of drug-likeness (QED) is 0.737. The molecule has 0 spiro atoms. The van der Waals surface area contributed by atoms with Crippen molar-refractivity contribution in [3.63, 3.8) is 0 Å². The second kappa shape index (κ2) is 4.62. The van der Waals surface area contributed by atoms with E-state index in [1.165, 1.54) is 11.3 Å². The van der Waals surface area contributed by atoms with Gasteiger partial charge in [-0.05, 0) is 11.4 Å². The van der Waals surface area contributed by atoms with Crippen molar-refractivity contribution in [3.05, 3.63) is 45.7 Å². The van der Waals surface area contributed by atoms with Crippen LogP contribution in [0.4, 0.5) is 0 Å². The Hall–Kier alpha value is -1.95. The van der Waals surface area contributed by atoms with Crippen LogP contribution in [0.5, 0.6) is 0 Å². The molecule has 0 unspecified atom stereocenters. The molecule has 0 saturated heterocycles. The lowest BCUT2D eigenvalue weighted by molar-refractivity contribution is 0.424. The Bertz CT molecular complexity index is 769. The van der Waals surface area contributed by atoms with Gasteiger partial charge in [-0.1, -0.05) is 13.8 Å². The summed E-state index contributed by atoms with van der Waals surface area (Å²) in [7, 11) is 0. The molecule has 0 aliphatic carbocycles. The zero-order valence-electron chi connectivity index (χ0n) is 10.7. The normalized spacial score (nSPS) is 11.5. The highest BCUT2D eigenvalue weighted by atomic mass is 32.1. The third-order valence-electron chi connectivity index (χ3n) is 2.87. The fraction of sp³-hybridized carbons (Fsp3) is 0.308. The largest absolute Gasteiger partial charge is 0.423 e. The van der Waals surface area contributed by atoms with Gasteiger partial charge in [0.25, 0.3) is 0 Å². The van der Waals surface area contributed by atoms with Gasteiger partial charge in [-0.2, -0.15) is 0 Å². The Balaban J connectivity index is 1.98. The number of rotatable bonds is 3. The summed E-state index contributed by atoms with van der Waals surface area (Å²) in [4.78, 5) is 11.7. The summed E-state index contributed by atoms with van der Waals surface area (Å²) in [5, 5.41) is 9.95. The number of pyridine rings is 1. The van der Waals surface area contributed by atoms with Crippen LogP contribution in [0.3, 0.4) is 0 Å². The van der Waals surface area contributed by atoms with Crippen LogP contribution in [0, 0.1) is 0 Å². The molecule has 19 heavy (non-hydrogen) atoms. The van der Waals surface area contributed by atoms with Crippen molar-refractivity contribution < 1.29 is 4.42 Å². The Labute approximate surface area is 113 Å². The smallest absolute Gasteiger partial charge is 0.236 e. The van der Waals surface area contributed by atoms with Crippen molar-refractivity contribution in [2.45, 2.75) is 26.3 Å². The highest BCUT2D eigenvalue weighted by Crippen LogP contribution is 2.18. The van der Waals surface area contributed by atoms with Crippen LogP contribution in [0.25, 0.3) is 10.2 Å².